The van der Waals surface area contributed by atoms with Gasteiger partial charge in [-0.25, -0.2) is 8.78 Å². The van der Waals surface area contributed by atoms with Gasteiger partial charge in [0.15, 0.2) is 0 Å². The molecule has 1 aromatic rings. The van der Waals surface area contributed by atoms with Gasteiger partial charge in [-0.3, -0.25) is 14.4 Å². The second-order valence-corrected chi connectivity index (χ2v) is 5.33. The van der Waals surface area contributed by atoms with E-state index >= 15 is 0 Å². The van der Waals surface area contributed by atoms with Crippen molar-refractivity contribution < 1.29 is 18.3 Å². The molecule has 22 heavy (non-hydrogen) atoms. The summed E-state index contributed by atoms with van der Waals surface area (Å²) in [5, 5.41) is 6.67. The molecule has 0 aromatic carbocycles. The molecule has 2 heterocycles. The molecular weight excluding hydrogens is 294 g/mol. The Balaban J connectivity index is 1.69. The summed E-state index contributed by atoms with van der Waals surface area (Å²) >= 11 is 0. The SMILES string of the molecule is Cc1cc(C(F)F)n(CC(=O)NCCCN2CCOCC2)n1. The molecule has 1 aromatic heterocycles. The fourth-order valence-electron chi connectivity index (χ4n) is 2.41. The lowest BCUT2D eigenvalue weighted by Gasteiger charge is -2.26. The van der Waals surface area contributed by atoms with Crippen molar-refractivity contribution in [3.05, 3.63) is 17.5 Å². The molecule has 0 saturated carbocycles. The maximum Gasteiger partial charge on any atom is 0.280 e. The highest BCUT2D eigenvalue weighted by Crippen LogP contribution is 2.19. The highest BCUT2D eigenvalue weighted by molar-refractivity contribution is 5.75. The Kier molecular flexibility index (Phi) is 6.26. The summed E-state index contributed by atoms with van der Waals surface area (Å²) in [7, 11) is 0. The summed E-state index contributed by atoms with van der Waals surface area (Å²) in [6.45, 7) is 6.21. The van der Waals surface area contributed by atoms with Crippen molar-refractivity contribution >= 4 is 5.91 Å². The third-order valence-electron chi connectivity index (χ3n) is 3.53. The van der Waals surface area contributed by atoms with Crippen molar-refractivity contribution in [1.82, 2.24) is 20.0 Å². The van der Waals surface area contributed by atoms with E-state index in [1.165, 1.54) is 6.07 Å². The number of ether oxygens (including phenoxy) is 1. The Bertz CT molecular complexity index is 487. The Morgan fingerprint density at radius 3 is 2.86 bits per heavy atom. The van der Waals surface area contributed by atoms with Crippen molar-refractivity contribution in [2.75, 3.05) is 39.4 Å². The Hall–Kier alpha value is -1.54. The zero-order valence-corrected chi connectivity index (χ0v) is 12.7. The molecule has 0 aliphatic carbocycles. The first-order valence-electron chi connectivity index (χ1n) is 7.45. The van der Waals surface area contributed by atoms with E-state index in [0.717, 1.165) is 44.0 Å². The van der Waals surface area contributed by atoms with Crippen LogP contribution < -0.4 is 5.32 Å². The molecule has 1 N–H and O–H groups in total. The number of carbonyl (C=O) groups is 1. The number of aromatic nitrogens is 2. The molecule has 0 radical (unpaired) electrons. The van der Waals surface area contributed by atoms with Gasteiger partial charge in [0.25, 0.3) is 6.43 Å². The lowest BCUT2D eigenvalue weighted by atomic mass is 10.3. The summed E-state index contributed by atoms with van der Waals surface area (Å²) in [5.74, 6) is -0.299. The quantitative estimate of drug-likeness (QED) is 0.762. The van der Waals surface area contributed by atoms with E-state index in [9.17, 15) is 13.6 Å². The van der Waals surface area contributed by atoms with Gasteiger partial charge in [-0.15, -0.1) is 0 Å². The van der Waals surface area contributed by atoms with E-state index in [2.05, 4.69) is 15.3 Å². The predicted octanol–water partition coefficient (Wildman–Crippen LogP) is 0.968. The minimum Gasteiger partial charge on any atom is -0.379 e. The summed E-state index contributed by atoms with van der Waals surface area (Å²) < 4.78 is 31.9. The highest BCUT2D eigenvalue weighted by atomic mass is 19.3. The van der Waals surface area contributed by atoms with Gasteiger partial charge >= 0.3 is 0 Å². The molecule has 124 valence electrons. The standard InChI is InChI=1S/C14H22F2N4O2/c1-11-9-12(14(15)16)20(18-11)10-13(21)17-3-2-4-19-5-7-22-8-6-19/h9,14H,2-8,10H2,1H3,(H,17,21). The van der Waals surface area contributed by atoms with Crippen LogP contribution in [0.3, 0.4) is 0 Å². The van der Waals surface area contributed by atoms with E-state index in [1.54, 1.807) is 6.92 Å². The third-order valence-corrected chi connectivity index (χ3v) is 3.53. The Morgan fingerprint density at radius 2 is 2.18 bits per heavy atom. The van der Waals surface area contributed by atoms with Crippen LogP contribution in [0.25, 0.3) is 0 Å². The fraction of sp³-hybridized carbons (Fsp3) is 0.714. The number of carbonyl (C=O) groups excluding carboxylic acids is 1. The minimum absolute atomic E-state index is 0.176. The summed E-state index contributed by atoms with van der Waals surface area (Å²) in [6, 6.07) is 1.30. The molecule has 0 atom stereocenters. The molecule has 6 nitrogen and oxygen atoms in total. The van der Waals surface area contributed by atoms with E-state index < -0.39 is 6.43 Å². The molecule has 2 rings (SSSR count). The fourth-order valence-corrected chi connectivity index (χ4v) is 2.41. The second kappa shape index (κ2) is 8.19. The van der Waals surface area contributed by atoms with Gasteiger partial charge in [0.1, 0.15) is 12.2 Å². The highest BCUT2D eigenvalue weighted by Gasteiger charge is 2.17. The van der Waals surface area contributed by atoms with Crippen LogP contribution in [-0.4, -0.2) is 60.0 Å². The maximum absolute atomic E-state index is 12.8. The smallest absolute Gasteiger partial charge is 0.280 e. The summed E-state index contributed by atoms with van der Waals surface area (Å²) in [5.41, 5.74) is 0.261. The average molecular weight is 316 g/mol. The first-order valence-corrected chi connectivity index (χ1v) is 7.45. The second-order valence-electron chi connectivity index (χ2n) is 5.33. The van der Waals surface area contributed by atoms with E-state index in [-0.39, 0.29) is 18.1 Å². The van der Waals surface area contributed by atoms with Gasteiger partial charge in [0, 0.05) is 19.6 Å². The minimum atomic E-state index is -2.63. The lowest BCUT2D eigenvalue weighted by Crippen LogP contribution is -2.38. The zero-order valence-electron chi connectivity index (χ0n) is 12.7. The number of nitrogens with zero attached hydrogens (tertiary/aromatic N) is 3. The number of alkyl halides is 2. The first-order chi connectivity index (χ1) is 10.6. The van der Waals surface area contributed by atoms with Crippen molar-refractivity contribution in [2.45, 2.75) is 26.3 Å². The third kappa shape index (κ3) is 5.03. The van der Waals surface area contributed by atoms with Crippen LogP contribution in [0.4, 0.5) is 8.78 Å². The van der Waals surface area contributed by atoms with Gasteiger partial charge in [0.2, 0.25) is 5.91 Å². The lowest BCUT2D eigenvalue weighted by molar-refractivity contribution is -0.121. The van der Waals surface area contributed by atoms with Crippen LogP contribution in [0.5, 0.6) is 0 Å². The molecule has 1 aliphatic heterocycles. The van der Waals surface area contributed by atoms with Crippen LogP contribution in [0.15, 0.2) is 6.07 Å². The van der Waals surface area contributed by atoms with Crippen molar-refractivity contribution in [3.63, 3.8) is 0 Å². The predicted molar refractivity (Wildman–Crippen MR) is 76.8 cm³/mol. The normalized spacial score (nSPS) is 16.2. The van der Waals surface area contributed by atoms with Crippen LogP contribution in [0.2, 0.25) is 0 Å². The molecule has 1 aliphatic rings. The van der Waals surface area contributed by atoms with Crippen molar-refractivity contribution in [1.29, 1.82) is 0 Å². The van der Waals surface area contributed by atoms with Crippen LogP contribution in [-0.2, 0) is 16.1 Å². The molecule has 0 bridgehead atoms. The first kappa shape index (κ1) is 16.8. The van der Waals surface area contributed by atoms with Crippen molar-refractivity contribution in [3.8, 4) is 0 Å². The maximum atomic E-state index is 12.8. The number of amides is 1. The zero-order chi connectivity index (χ0) is 15.9. The Labute approximate surface area is 128 Å². The van der Waals surface area contributed by atoms with Crippen LogP contribution in [0, 0.1) is 6.92 Å². The van der Waals surface area contributed by atoms with Gasteiger partial charge in [-0.05, 0) is 26.0 Å². The van der Waals surface area contributed by atoms with Crippen LogP contribution in [0.1, 0.15) is 24.2 Å². The molecule has 1 saturated heterocycles. The summed E-state index contributed by atoms with van der Waals surface area (Å²) in [6.07, 6.45) is -1.80. The molecule has 0 spiro atoms. The van der Waals surface area contributed by atoms with Gasteiger partial charge in [-0.1, -0.05) is 0 Å². The number of hydrogen-bond acceptors (Lipinski definition) is 4. The van der Waals surface area contributed by atoms with Gasteiger partial charge in [-0.2, -0.15) is 5.10 Å². The topological polar surface area (TPSA) is 59.4 Å². The van der Waals surface area contributed by atoms with E-state index in [0.29, 0.717) is 12.2 Å². The number of halogens is 2. The molecular formula is C14H22F2N4O2. The van der Waals surface area contributed by atoms with Gasteiger partial charge < -0.3 is 10.1 Å². The number of morpholine rings is 1. The molecule has 1 fully saturated rings. The van der Waals surface area contributed by atoms with Gasteiger partial charge in [0.05, 0.1) is 18.9 Å². The molecule has 0 unspecified atom stereocenters. The largest absolute Gasteiger partial charge is 0.379 e. The van der Waals surface area contributed by atoms with E-state index in [4.69, 9.17) is 4.74 Å². The average Bonchev–Trinajstić information content (AvgIpc) is 2.85. The number of hydrogen-bond donors (Lipinski definition) is 1. The molecule has 1 amide bonds. The molecule has 8 heteroatoms. The number of nitrogens with one attached hydrogen (secondary N) is 1. The van der Waals surface area contributed by atoms with Crippen molar-refractivity contribution in [2.24, 2.45) is 0 Å². The van der Waals surface area contributed by atoms with E-state index in [1.807, 2.05) is 0 Å². The number of rotatable bonds is 7. The Morgan fingerprint density at radius 1 is 1.45 bits per heavy atom. The monoisotopic (exact) mass is 316 g/mol. The number of aryl methyl sites for hydroxylation is 1. The summed E-state index contributed by atoms with van der Waals surface area (Å²) in [4.78, 5) is 14.1. The van der Waals surface area contributed by atoms with Crippen LogP contribution >= 0.6 is 0 Å².